The fraction of sp³-hybridized carbons (Fsp3) is 0.368. The lowest BCUT2D eigenvalue weighted by atomic mass is 10.0. The molecule has 4 rings (SSSR count). The molecule has 0 radical (unpaired) electrons. The Morgan fingerprint density at radius 2 is 2.20 bits per heavy atom. The molecule has 6 heteroatoms. The Bertz CT molecular complexity index is 856. The minimum Gasteiger partial charge on any atom is -0.496 e. The summed E-state index contributed by atoms with van der Waals surface area (Å²) < 4.78 is 5.47. The summed E-state index contributed by atoms with van der Waals surface area (Å²) in [5, 5.41) is 1.01. The van der Waals surface area contributed by atoms with Crippen LogP contribution in [0.4, 0.5) is 0 Å². The van der Waals surface area contributed by atoms with Crippen LogP contribution in [0.1, 0.15) is 35.7 Å². The number of aromatic amines is 1. The van der Waals surface area contributed by atoms with Crippen molar-refractivity contribution in [2.75, 3.05) is 13.7 Å². The van der Waals surface area contributed by atoms with Gasteiger partial charge in [-0.2, -0.15) is 0 Å². The van der Waals surface area contributed by atoms with Crippen molar-refractivity contribution in [1.82, 2.24) is 19.9 Å². The number of fused-ring (bicyclic) bond motifs is 1. The highest BCUT2D eigenvalue weighted by atomic mass is 32.1. The Kier molecular flexibility index (Phi) is 4.55. The summed E-state index contributed by atoms with van der Waals surface area (Å²) in [6.45, 7) is 4.20. The minimum atomic E-state index is 0.381. The summed E-state index contributed by atoms with van der Waals surface area (Å²) in [5.41, 5.74) is 3.56. The first kappa shape index (κ1) is 16.3. The summed E-state index contributed by atoms with van der Waals surface area (Å²) in [6, 6.07) is 8.43. The molecule has 1 aliphatic rings. The third-order valence-corrected chi connectivity index (χ3v) is 5.81. The molecule has 25 heavy (non-hydrogen) atoms. The van der Waals surface area contributed by atoms with Gasteiger partial charge in [-0.15, -0.1) is 11.3 Å². The van der Waals surface area contributed by atoms with E-state index in [4.69, 9.17) is 4.74 Å². The number of nitrogens with one attached hydrogen (secondary N) is 1. The van der Waals surface area contributed by atoms with E-state index in [9.17, 15) is 0 Å². The lowest BCUT2D eigenvalue weighted by Gasteiger charge is -2.33. The SMILES string of the molecule is CC[C@H]1c2nc[nH]c2CCN1Cc1cnc(-c2ccccc2OC)s1. The zero-order valence-electron chi connectivity index (χ0n) is 14.5. The first-order valence-corrected chi connectivity index (χ1v) is 9.46. The van der Waals surface area contributed by atoms with Crippen LogP contribution in [0.5, 0.6) is 5.75 Å². The van der Waals surface area contributed by atoms with E-state index < -0.39 is 0 Å². The van der Waals surface area contributed by atoms with Crippen LogP contribution in [-0.4, -0.2) is 33.5 Å². The van der Waals surface area contributed by atoms with Crippen molar-refractivity contribution in [2.24, 2.45) is 0 Å². The first-order chi connectivity index (χ1) is 12.3. The zero-order valence-corrected chi connectivity index (χ0v) is 15.3. The maximum atomic E-state index is 5.47. The molecule has 3 aromatic rings. The maximum absolute atomic E-state index is 5.47. The number of imidazole rings is 1. The van der Waals surface area contributed by atoms with Crippen LogP contribution in [0.3, 0.4) is 0 Å². The average Bonchev–Trinajstić information content (AvgIpc) is 3.31. The Hall–Kier alpha value is -2.18. The number of rotatable bonds is 5. The van der Waals surface area contributed by atoms with Gasteiger partial charge in [-0.05, 0) is 18.6 Å². The molecule has 1 aromatic carbocycles. The van der Waals surface area contributed by atoms with Crippen molar-refractivity contribution in [3.8, 4) is 16.3 Å². The Labute approximate surface area is 151 Å². The molecule has 5 nitrogen and oxygen atoms in total. The third-order valence-electron chi connectivity index (χ3n) is 4.79. The van der Waals surface area contributed by atoms with Crippen molar-refractivity contribution in [3.05, 3.63) is 53.1 Å². The van der Waals surface area contributed by atoms with Gasteiger partial charge in [0.2, 0.25) is 0 Å². The van der Waals surface area contributed by atoms with E-state index in [1.807, 2.05) is 30.7 Å². The number of hydrogen-bond acceptors (Lipinski definition) is 5. The summed E-state index contributed by atoms with van der Waals surface area (Å²) in [6.07, 6.45) is 5.92. The fourth-order valence-corrected chi connectivity index (χ4v) is 4.54. The van der Waals surface area contributed by atoms with Crippen molar-refractivity contribution >= 4 is 11.3 Å². The average molecular weight is 354 g/mol. The standard InChI is InChI=1S/C19H22N4OS/c1-3-16-18-15(21-12-22-18)8-9-23(16)11-13-10-20-19(25-13)14-6-4-5-7-17(14)24-2/h4-7,10,12,16H,3,8-9,11H2,1-2H3,(H,21,22)/t16-/m0/s1. The Morgan fingerprint density at radius 1 is 1.32 bits per heavy atom. The molecule has 0 fully saturated rings. The van der Waals surface area contributed by atoms with E-state index in [0.29, 0.717) is 6.04 Å². The third kappa shape index (κ3) is 3.07. The number of thiazole rings is 1. The van der Waals surface area contributed by atoms with E-state index in [1.165, 1.54) is 16.3 Å². The van der Waals surface area contributed by atoms with E-state index in [2.05, 4.69) is 32.8 Å². The zero-order chi connectivity index (χ0) is 17.2. The molecule has 1 aliphatic heterocycles. The predicted molar refractivity (Wildman–Crippen MR) is 99.8 cm³/mol. The van der Waals surface area contributed by atoms with Crippen LogP contribution in [-0.2, 0) is 13.0 Å². The van der Waals surface area contributed by atoms with Crippen molar-refractivity contribution in [1.29, 1.82) is 0 Å². The number of ether oxygens (including phenoxy) is 1. The van der Waals surface area contributed by atoms with Crippen LogP contribution >= 0.6 is 11.3 Å². The highest BCUT2D eigenvalue weighted by Gasteiger charge is 2.28. The van der Waals surface area contributed by atoms with Crippen molar-refractivity contribution in [3.63, 3.8) is 0 Å². The number of hydrogen-bond donors (Lipinski definition) is 1. The second-order valence-electron chi connectivity index (χ2n) is 6.24. The molecule has 2 aromatic heterocycles. The monoisotopic (exact) mass is 354 g/mol. The highest BCUT2D eigenvalue weighted by molar-refractivity contribution is 7.15. The molecule has 0 saturated heterocycles. The predicted octanol–water partition coefficient (Wildman–Crippen LogP) is 4.05. The molecule has 0 spiro atoms. The minimum absolute atomic E-state index is 0.381. The molecule has 0 unspecified atom stereocenters. The molecule has 1 N–H and O–H groups in total. The normalized spacial score (nSPS) is 17.4. The van der Waals surface area contributed by atoms with Gasteiger partial charge >= 0.3 is 0 Å². The van der Waals surface area contributed by atoms with Gasteiger partial charge in [0.25, 0.3) is 0 Å². The van der Waals surface area contributed by atoms with Crippen LogP contribution in [0.2, 0.25) is 0 Å². The van der Waals surface area contributed by atoms with Crippen LogP contribution in [0.25, 0.3) is 10.6 Å². The van der Waals surface area contributed by atoms with Gasteiger partial charge in [-0.25, -0.2) is 9.97 Å². The van der Waals surface area contributed by atoms with E-state index in [1.54, 1.807) is 18.4 Å². The number of benzene rings is 1. The molecule has 0 bridgehead atoms. The van der Waals surface area contributed by atoms with Crippen molar-refractivity contribution in [2.45, 2.75) is 32.4 Å². The smallest absolute Gasteiger partial charge is 0.129 e. The fourth-order valence-electron chi connectivity index (χ4n) is 3.57. The molecule has 0 saturated carbocycles. The van der Waals surface area contributed by atoms with E-state index in [0.717, 1.165) is 42.3 Å². The highest BCUT2D eigenvalue weighted by Crippen LogP contribution is 2.35. The summed E-state index contributed by atoms with van der Waals surface area (Å²) in [5.74, 6) is 0.869. The summed E-state index contributed by atoms with van der Waals surface area (Å²) in [4.78, 5) is 16.3. The quantitative estimate of drug-likeness (QED) is 0.751. The lowest BCUT2D eigenvalue weighted by molar-refractivity contribution is 0.168. The lowest BCUT2D eigenvalue weighted by Crippen LogP contribution is -2.34. The Balaban J connectivity index is 1.55. The maximum Gasteiger partial charge on any atom is 0.129 e. The molecule has 1 atom stereocenters. The van der Waals surface area contributed by atoms with E-state index >= 15 is 0 Å². The topological polar surface area (TPSA) is 54.0 Å². The summed E-state index contributed by atoms with van der Waals surface area (Å²) in [7, 11) is 1.70. The molecule has 3 heterocycles. The summed E-state index contributed by atoms with van der Waals surface area (Å²) >= 11 is 1.74. The number of H-pyrrole nitrogens is 1. The van der Waals surface area contributed by atoms with Gasteiger partial charge in [0.15, 0.2) is 0 Å². The van der Waals surface area contributed by atoms with E-state index in [-0.39, 0.29) is 0 Å². The second-order valence-corrected chi connectivity index (χ2v) is 7.36. The van der Waals surface area contributed by atoms with Gasteiger partial charge in [0.1, 0.15) is 10.8 Å². The van der Waals surface area contributed by atoms with Gasteiger partial charge in [0, 0.05) is 36.3 Å². The van der Waals surface area contributed by atoms with Crippen LogP contribution < -0.4 is 4.74 Å². The molecular formula is C19H22N4OS. The number of nitrogens with zero attached hydrogens (tertiary/aromatic N) is 3. The number of aromatic nitrogens is 3. The van der Waals surface area contributed by atoms with Crippen molar-refractivity contribution < 1.29 is 4.74 Å². The number of para-hydroxylation sites is 1. The van der Waals surface area contributed by atoms with Crippen LogP contribution in [0, 0.1) is 0 Å². The van der Waals surface area contributed by atoms with Gasteiger partial charge in [-0.1, -0.05) is 19.1 Å². The van der Waals surface area contributed by atoms with Gasteiger partial charge < -0.3 is 9.72 Å². The molecular weight excluding hydrogens is 332 g/mol. The number of methoxy groups -OCH3 is 1. The largest absolute Gasteiger partial charge is 0.496 e. The molecule has 0 aliphatic carbocycles. The second kappa shape index (κ2) is 6.98. The first-order valence-electron chi connectivity index (χ1n) is 8.64. The Morgan fingerprint density at radius 3 is 3.04 bits per heavy atom. The van der Waals surface area contributed by atoms with Crippen LogP contribution in [0.15, 0.2) is 36.8 Å². The van der Waals surface area contributed by atoms with Gasteiger partial charge in [-0.3, -0.25) is 4.90 Å². The van der Waals surface area contributed by atoms with Gasteiger partial charge in [0.05, 0.1) is 30.7 Å². The molecule has 0 amide bonds. The molecule has 130 valence electrons.